The number of rotatable bonds is 10. The lowest BCUT2D eigenvalue weighted by Gasteiger charge is -2.25. The van der Waals surface area contributed by atoms with Crippen LogP contribution in [0.3, 0.4) is 0 Å². The summed E-state index contributed by atoms with van der Waals surface area (Å²) in [6, 6.07) is 5.42. The van der Waals surface area contributed by atoms with E-state index in [1.807, 2.05) is 13.0 Å². The first-order chi connectivity index (χ1) is 13.0. The molecule has 3 N–H and O–H groups in total. The summed E-state index contributed by atoms with van der Waals surface area (Å²) in [7, 11) is -0.154. The molecule has 9 heteroatoms. The fraction of sp³-hybridized carbons (Fsp3) is 0.611. The highest BCUT2D eigenvalue weighted by Gasteiger charge is 2.20. The minimum atomic E-state index is -3.31. The molecular weight excluding hydrogens is 368 g/mol. The van der Waals surface area contributed by atoms with Crippen molar-refractivity contribution in [1.82, 2.24) is 10.0 Å². The van der Waals surface area contributed by atoms with Gasteiger partial charge in [-0.2, -0.15) is 0 Å². The van der Waals surface area contributed by atoms with E-state index in [4.69, 9.17) is 9.47 Å². The number of ether oxygens (including phenoxy) is 2. The number of methoxy groups -OCH3 is 2. The first kappa shape index (κ1) is 21.3. The van der Waals surface area contributed by atoms with Gasteiger partial charge in [-0.15, -0.1) is 0 Å². The van der Waals surface area contributed by atoms with E-state index in [2.05, 4.69) is 20.3 Å². The number of hydrogen-bond acceptors (Lipinski definition) is 5. The monoisotopic (exact) mass is 398 g/mol. The van der Waals surface area contributed by atoms with Gasteiger partial charge in [-0.05, 0) is 37.8 Å². The molecule has 1 fully saturated rings. The van der Waals surface area contributed by atoms with Gasteiger partial charge in [-0.3, -0.25) is 4.99 Å². The van der Waals surface area contributed by atoms with E-state index in [0.717, 1.165) is 18.5 Å². The third-order valence-corrected chi connectivity index (χ3v) is 5.76. The number of sulfonamides is 1. The lowest BCUT2D eigenvalue weighted by molar-refractivity contribution is 0.316. The van der Waals surface area contributed by atoms with Gasteiger partial charge in [0, 0.05) is 24.8 Å². The molecule has 1 saturated carbocycles. The number of nitrogens with zero attached hydrogens (tertiary/aromatic N) is 1. The third kappa shape index (κ3) is 6.91. The highest BCUT2D eigenvalue weighted by molar-refractivity contribution is 7.89. The van der Waals surface area contributed by atoms with Gasteiger partial charge in [-0.1, -0.05) is 6.42 Å². The van der Waals surface area contributed by atoms with E-state index >= 15 is 0 Å². The molecule has 0 amide bonds. The maximum atomic E-state index is 12.1. The Morgan fingerprint density at radius 3 is 2.56 bits per heavy atom. The summed E-state index contributed by atoms with van der Waals surface area (Å²) in [6.45, 7) is 3.31. The summed E-state index contributed by atoms with van der Waals surface area (Å²) in [5.41, 5.74) is 0.762. The molecule has 1 aliphatic carbocycles. The zero-order valence-electron chi connectivity index (χ0n) is 16.2. The molecule has 0 radical (unpaired) electrons. The van der Waals surface area contributed by atoms with Gasteiger partial charge < -0.3 is 20.1 Å². The van der Waals surface area contributed by atoms with Crippen molar-refractivity contribution in [2.24, 2.45) is 10.9 Å². The van der Waals surface area contributed by atoms with Crippen LogP contribution in [-0.4, -0.2) is 54.0 Å². The van der Waals surface area contributed by atoms with Crippen LogP contribution < -0.4 is 24.8 Å². The Bertz CT molecular complexity index is 733. The Morgan fingerprint density at radius 2 is 1.96 bits per heavy atom. The summed E-state index contributed by atoms with van der Waals surface area (Å²) in [4.78, 5) is 4.36. The molecule has 0 saturated heterocycles. The summed E-state index contributed by atoms with van der Waals surface area (Å²) < 4.78 is 37.3. The summed E-state index contributed by atoms with van der Waals surface area (Å²) in [5, 5.41) is 6.25. The standard InChI is InChI=1S/C18H30N4O4S/c1-4-19-18(22-15-8-9-16(25-2)17(12-15)26-3)20-10-11-27(23,24)21-13-14-6-5-7-14/h8-9,12,14,21H,4-7,10-11,13H2,1-3H3,(H2,19,20,22). The fourth-order valence-corrected chi connectivity index (χ4v) is 3.61. The maximum absolute atomic E-state index is 12.1. The van der Waals surface area contributed by atoms with E-state index in [0.29, 0.717) is 36.5 Å². The highest BCUT2D eigenvalue weighted by Crippen LogP contribution is 2.29. The van der Waals surface area contributed by atoms with Crippen molar-refractivity contribution in [3.63, 3.8) is 0 Å². The van der Waals surface area contributed by atoms with Crippen molar-refractivity contribution in [3.05, 3.63) is 18.2 Å². The predicted molar refractivity (Wildman–Crippen MR) is 108 cm³/mol. The largest absolute Gasteiger partial charge is 0.493 e. The molecule has 1 aromatic carbocycles. The van der Waals surface area contributed by atoms with Crippen LogP contribution in [-0.2, 0) is 10.0 Å². The Balaban J connectivity index is 1.93. The number of aliphatic imine (C=N–C) groups is 1. The van der Waals surface area contributed by atoms with Crippen molar-refractivity contribution in [3.8, 4) is 11.5 Å². The molecule has 0 spiro atoms. The molecular formula is C18H30N4O4S. The van der Waals surface area contributed by atoms with Gasteiger partial charge >= 0.3 is 0 Å². The van der Waals surface area contributed by atoms with Gasteiger partial charge in [0.05, 0.1) is 26.5 Å². The summed E-state index contributed by atoms with van der Waals surface area (Å²) in [6.07, 6.45) is 3.42. The second kappa shape index (κ2) is 10.4. The molecule has 1 aromatic rings. The van der Waals surface area contributed by atoms with Crippen LogP contribution >= 0.6 is 0 Å². The van der Waals surface area contributed by atoms with Crippen LogP contribution in [0.1, 0.15) is 26.2 Å². The topological polar surface area (TPSA) is 101 Å². The van der Waals surface area contributed by atoms with Gasteiger partial charge in [-0.25, -0.2) is 13.1 Å². The van der Waals surface area contributed by atoms with Crippen LogP contribution in [0.15, 0.2) is 23.2 Å². The van der Waals surface area contributed by atoms with Crippen molar-refractivity contribution < 1.29 is 17.9 Å². The van der Waals surface area contributed by atoms with Gasteiger partial charge in [0.2, 0.25) is 10.0 Å². The molecule has 8 nitrogen and oxygen atoms in total. The lowest BCUT2D eigenvalue weighted by atomic mass is 9.86. The maximum Gasteiger partial charge on any atom is 0.213 e. The summed E-state index contributed by atoms with van der Waals surface area (Å²) in [5.74, 6) is 2.20. The third-order valence-electron chi connectivity index (χ3n) is 4.44. The van der Waals surface area contributed by atoms with E-state index in [9.17, 15) is 8.42 Å². The normalized spacial score (nSPS) is 15.1. The molecule has 2 rings (SSSR count). The van der Waals surface area contributed by atoms with Crippen molar-refractivity contribution >= 4 is 21.7 Å². The van der Waals surface area contributed by atoms with Crippen LogP contribution in [0.5, 0.6) is 11.5 Å². The number of hydrogen-bond donors (Lipinski definition) is 3. The zero-order chi connectivity index (χ0) is 19.7. The van der Waals surface area contributed by atoms with Crippen molar-refractivity contribution in [2.75, 3.05) is 44.9 Å². The highest BCUT2D eigenvalue weighted by atomic mass is 32.2. The number of guanidine groups is 1. The van der Waals surface area contributed by atoms with Crippen LogP contribution in [0, 0.1) is 5.92 Å². The number of anilines is 1. The fourth-order valence-electron chi connectivity index (χ4n) is 2.65. The molecule has 27 heavy (non-hydrogen) atoms. The number of benzene rings is 1. The van der Waals surface area contributed by atoms with Crippen LogP contribution in [0.2, 0.25) is 0 Å². The Kier molecular flexibility index (Phi) is 8.18. The van der Waals surface area contributed by atoms with E-state index < -0.39 is 10.0 Å². The van der Waals surface area contributed by atoms with Gasteiger partial charge in [0.25, 0.3) is 0 Å². The van der Waals surface area contributed by atoms with Gasteiger partial charge in [0.1, 0.15) is 0 Å². The average molecular weight is 399 g/mol. The summed E-state index contributed by atoms with van der Waals surface area (Å²) >= 11 is 0. The Labute approximate surface area is 161 Å². The zero-order valence-corrected chi connectivity index (χ0v) is 17.1. The minimum Gasteiger partial charge on any atom is -0.493 e. The van der Waals surface area contributed by atoms with E-state index in [-0.39, 0.29) is 12.3 Å². The predicted octanol–water partition coefficient (Wildman–Crippen LogP) is 1.80. The molecule has 0 aliphatic heterocycles. The molecule has 0 aromatic heterocycles. The molecule has 0 atom stereocenters. The first-order valence-electron chi connectivity index (χ1n) is 9.22. The van der Waals surface area contributed by atoms with Crippen LogP contribution in [0.25, 0.3) is 0 Å². The van der Waals surface area contributed by atoms with Crippen molar-refractivity contribution in [2.45, 2.75) is 26.2 Å². The lowest BCUT2D eigenvalue weighted by Crippen LogP contribution is -2.35. The minimum absolute atomic E-state index is 0.0395. The quantitative estimate of drug-likeness (QED) is 0.410. The van der Waals surface area contributed by atoms with E-state index in [1.165, 1.54) is 6.42 Å². The van der Waals surface area contributed by atoms with Gasteiger partial charge in [0.15, 0.2) is 17.5 Å². The SMILES string of the molecule is CCNC(=NCCS(=O)(=O)NCC1CCC1)Nc1ccc(OC)c(OC)c1. The Morgan fingerprint density at radius 1 is 1.22 bits per heavy atom. The first-order valence-corrected chi connectivity index (χ1v) is 10.9. The van der Waals surface area contributed by atoms with E-state index in [1.54, 1.807) is 26.4 Å². The molecule has 152 valence electrons. The molecule has 0 unspecified atom stereocenters. The smallest absolute Gasteiger partial charge is 0.213 e. The molecule has 0 bridgehead atoms. The van der Waals surface area contributed by atoms with Crippen molar-refractivity contribution in [1.29, 1.82) is 0 Å². The van der Waals surface area contributed by atoms with Crippen LogP contribution in [0.4, 0.5) is 5.69 Å². The second-order valence-corrected chi connectivity index (χ2v) is 8.35. The number of nitrogens with one attached hydrogen (secondary N) is 3. The molecule has 1 aliphatic rings. The second-order valence-electron chi connectivity index (χ2n) is 6.42. The average Bonchev–Trinajstić information content (AvgIpc) is 2.60. The Hall–Kier alpha value is -2.00. The molecule has 0 heterocycles.